The van der Waals surface area contributed by atoms with Crippen molar-refractivity contribution in [1.29, 1.82) is 0 Å². The van der Waals surface area contributed by atoms with Gasteiger partial charge in [-0.15, -0.1) is 0 Å². The van der Waals surface area contributed by atoms with E-state index in [2.05, 4.69) is 10.1 Å². The second-order valence-corrected chi connectivity index (χ2v) is 4.94. The zero-order valence-electron chi connectivity index (χ0n) is 12.4. The lowest BCUT2D eigenvalue weighted by molar-refractivity contribution is 0.212. The highest BCUT2D eigenvalue weighted by molar-refractivity contribution is 5.68. The van der Waals surface area contributed by atoms with Gasteiger partial charge in [0.05, 0.1) is 26.3 Å². The van der Waals surface area contributed by atoms with Crippen LogP contribution in [0.25, 0.3) is 11.4 Å². The number of hydrogen-bond acceptors (Lipinski definition) is 6. The fraction of sp³-hybridized carbons (Fsp3) is 0.429. The van der Waals surface area contributed by atoms with Crippen LogP contribution in [0.2, 0.25) is 0 Å². The van der Waals surface area contributed by atoms with Crippen molar-refractivity contribution in [3.05, 3.63) is 23.6 Å². The van der Waals surface area contributed by atoms with Gasteiger partial charge in [-0.2, -0.15) is 4.98 Å². The van der Waals surface area contributed by atoms with Crippen LogP contribution in [-0.2, 0) is 12.2 Å². The summed E-state index contributed by atoms with van der Waals surface area (Å²) in [5, 5.41) is 3.84. The highest BCUT2D eigenvalue weighted by Gasteiger charge is 2.27. The summed E-state index contributed by atoms with van der Waals surface area (Å²) >= 11 is 0. The van der Waals surface area contributed by atoms with Crippen LogP contribution in [0.1, 0.15) is 25.3 Å². The average molecular weight is 295 g/mol. The minimum absolute atomic E-state index is 0.141. The molecule has 0 aliphatic carbocycles. The van der Waals surface area contributed by atoms with Gasteiger partial charge in [0.15, 0.2) is 0 Å². The Labute approximate surface area is 122 Å². The molecule has 1 aromatic carbocycles. The predicted octanol–water partition coefficient (Wildman–Crippen LogP) is 2.42. The van der Waals surface area contributed by atoms with Crippen molar-refractivity contribution in [3.63, 3.8) is 0 Å². The first kappa shape index (κ1) is 15.2. The SMILES string of the molecule is COc1cc(C(C)(C)F)c(OC)cc1-c1noc(CN)n1. The zero-order valence-corrected chi connectivity index (χ0v) is 12.4. The van der Waals surface area contributed by atoms with E-state index in [4.69, 9.17) is 19.7 Å². The molecule has 0 saturated heterocycles. The van der Waals surface area contributed by atoms with Crippen LogP contribution in [-0.4, -0.2) is 24.4 Å². The minimum Gasteiger partial charge on any atom is -0.496 e. The topological polar surface area (TPSA) is 83.4 Å². The van der Waals surface area contributed by atoms with Gasteiger partial charge in [-0.25, -0.2) is 4.39 Å². The third kappa shape index (κ3) is 2.97. The van der Waals surface area contributed by atoms with Crippen molar-refractivity contribution in [2.75, 3.05) is 14.2 Å². The summed E-state index contributed by atoms with van der Waals surface area (Å²) in [6.45, 7) is 3.04. The molecule has 6 nitrogen and oxygen atoms in total. The van der Waals surface area contributed by atoms with E-state index in [0.29, 0.717) is 34.3 Å². The molecule has 1 heterocycles. The minimum atomic E-state index is -1.57. The number of nitrogens with zero attached hydrogens (tertiary/aromatic N) is 2. The molecular weight excluding hydrogens is 277 g/mol. The van der Waals surface area contributed by atoms with E-state index in [1.165, 1.54) is 28.1 Å². The van der Waals surface area contributed by atoms with Crippen molar-refractivity contribution in [1.82, 2.24) is 10.1 Å². The number of ether oxygens (including phenoxy) is 2. The zero-order chi connectivity index (χ0) is 15.6. The van der Waals surface area contributed by atoms with Crippen LogP contribution in [0, 0.1) is 0 Å². The number of benzene rings is 1. The number of rotatable bonds is 5. The fourth-order valence-electron chi connectivity index (χ4n) is 1.98. The summed E-state index contributed by atoms with van der Waals surface area (Å²) in [7, 11) is 2.96. The Morgan fingerprint density at radius 3 is 2.38 bits per heavy atom. The third-order valence-electron chi connectivity index (χ3n) is 3.05. The standard InChI is InChI=1S/C14H18FN3O3/c1-14(2,15)9-6-10(19-3)8(5-11(9)20-4)13-17-12(7-16)21-18-13/h5-6H,7,16H2,1-4H3. The van der Waals surface area contributed by atoms with Gasteiger partial charge < -0.3 is 19.7 Å². The Morgan fingerprint density at radius 1 is 1.24 bits per heavy atom. The quantitative estimate of drug-likeness (QED) is 0.912. The maximum atomic E-state index is 14.3. The molecule has 0 fully saturated rings. The fourth-order valence-corrected chi connectivity index (χ4v) is 1.98. The number of alkyl halides is 1. The van der Waals surface area contributed by atoms with Crippen LogP contribution in [0.15, 0.2) is 16.7 Å². The maximum Gasteiger partial charge on any atom is 0.240 e. The molecule has 0 aliphatic rings. The first-order valence-electron chi connectivity index (χ1n) is 6.39. The molecule has 0 saturated carbocycles. The smallest absolute Gasteiger partial charge is 0.240 e. The number of methoxy groups -OCH3 is 2. The summed E-state index contributed by atoms with van der Waals surface area (Å²) in [6.07, 6.45) is 0. The van der Waals surface area contributed by atoms with E-state index in [0.717, 1.165) is 0 Å². The largest absolute Gasteiger partial charge is 0.496 e. The van der Waals surface area contributed by atoms with Gasteiger partial charge >= 0.3 is 0 Å². The molecule has 0 aliphatic heterocycles. The first-order chi connectivity index (χ1) is 9.90. The summed E-state index contributed by atoms with van der Waals surface area (Å²) in [5.41, 5.74) is 4.80. The molecule has 0 unspecified atom stereocenters. The van der Waals surface area contributed by atoms with E-state index in [1.807, 2.05) is 0 Å². The summed E-state index contributed by atoms with van der Waals surface area (Å²) in [4.78, 5) is 4.14. The van der Waals surface area contributed by atoms with Gasteiger partial charge in [-0.3, -0.25) is 0 Å². The van der Waals surface area contributed by atoms with Crippen molar-refractivity contribution >= 4 is 0 Å². The van der Waals surface area contributed by atoms with Crippen molar-refractivity contribution in [2.24, 2.45) is 5.73 Å². The molecule has 2 N–H and O–H groups in total. The van der Waals surface area contributed by atoms with E-state index in [1.54, 1.807) is 12.1 Å². The van der Waals surface area contributed by atoms with Gasteiger partial charge in [-0.05, 0) is 26.0 Å². The summed E-state index contributed by atoms with van der Waals surface area (Å²) < 4.78 is 29.8. The lowest BCUT2D eigenvalue weighted by Gasteiger charge is -2.20. The third-order valence-corrected chi connectivity index (χ3v) is 3.05. The molecule has 2 aromatic rings. The molecular formula is C14H18FN3O3. The van der Waals surface area contributed by atoms with Gasteiger partial charge in [-0.1, -0.05) is 5.16 Å². The second kappa shape index (κ2) is 5.69. The lowest BCUT2D eigenvalue weighted by Crippen LogP contribution is -2.11. The van der Waals surface area contributed by atoms with E-state index in [9.17, 15) is 4.39 Å². The molecule has 7 heteroatoms. The van der Waals surface area contributed by atoms with Crippen LogP contribution in [0.5, 0.6) is 11.5 Å². The molecule has 21 heavy (non-hydrogen) atoms. The van der Waals surface area contributed by atoms with Crippen LogP contribution < -0.4 is 15.2 Å². The normalized spacial score (nSPS) is 11.5. The monoisotopic (exact) mass is 295 g/mol. The Hall–Kier alpha value is -2.15. The van der Waals surface area contributed by atoms with Crippen molar-refractivity contribution in [2.45, 2.75) is 26.1 Å². The number of halogens is 1. The van der Waals surface area contributed by atoms with Crippen molar-refractivity contribution in [3.8, 4) is 22.9 Å². The van der Waals surface area contributed by atoms with Crippen LogP contribution in [0.3, 0.4) is 0 Å². The molecule has 1 aromatic heterocycles. The molecule has 0 radical (unpaired) electrons. The van der Waals surface area contributed by atoms with Gasteiger partial charge in [0.2, 0.25) is 11.7 Å². The van der Waals surface area contributed by atoms with Gasteiger partial charge in [0.1, 0.15) is 17.2 Å². The highest BCUT2D eigenvalue weighted by Crippen LogP contribution is 2.40. The highest BCUT2D eigenvalue weighted by atomic mass is 19.1. The lowest BCUT2D eigenvalue weighted by atomic mass is 9.96. The molecule has 2 rings (SSSR count). The number of nitrogens with two attached hydrogens (primary N) is 1. The average Bonchev–Trinajstić information content (AvgIpc) is 2.93. The maximum absolute atomic E-state index is 14.3. The Morgan fingerprint density at radius 2 is 1.90 bits per heavy atom. The number of aromatic nitrogens is 2. The second-order valence-electron chi connectivity index (χ2n) is 4.94. The van der Waals surface area contributed by atoms with Gasteiger partial charge in [0.25, 0.3) is 0 Å². The Balaban J connectivity index is 2.61. The molecule has 0 spiro atoms. The first-order valence-corrected chi connectivity index (χ1v) is 6.39. The Kier molecular flexibility index (Phi) is 4.13. The van der Waals surface area contributed by atoms with Gasteiger partial charge in [0, 0.05) is 5.56 Å². The summed E-state index contributed by atoms with van der Waals surface area (Å²) in [6, 6.07) is 3.20. The van der Waals surface area contributed by atoms with Crippen LogP contribution in [0.4, 0.5) is 4.39 Å². The molecule has 114 valence electrons. The van der Waals surface area contributed by atoms with E-state index >= 15 is 0 Å². The van der Waals surface area contributed by atoms with Crippen molar-refractivity contribution < 1.29 is 18.4 Å². The molecule has 0 amide bonds. The predicted molar refractivity (Wildman–Crippen MR) is 74.9 cm³/mol. The Bertz CT molecular complexity index is 635. The number of hydrogen-bond donors (Lipinski definition) is 1. The van der Waals surface area contributed by atoms with E-state index in [-0.39, 0.29) is 6.54 Å². The molecule has 0 bridgehead atoms. The molecule has 0 atom stereocenters. The summed E-state index contributed by atoms with van der Waals surface area (Å²) in [5.74, 6) is 1.44. The van der Waals surface area contributed by atoms with Crippen LogP contribution >= 0.6 is 0 Å². The van der Waals surface area contributed by atoms with E-state index < -0.39 is 5.67 Å².